The first-order chi connectivity index (χ1) is 11.8. The molecule has 0 bridgehead atoms. The van der Waals surface area contributed by atoms with Gasteiger partial charge >= 0.3 is 0 Å². The van der Waals surface area contributed by atoms with Crippen LogP contribution in [-0.4, -0.2) is 4.40 Å². The van der Waals surface area contributed by atoms with Crippen molar-refractivity contribution in [3.63, 3.8) is 0 Å². The molecule has 0 unspecified atom stereocenters. The lowest BCUT2D eigenvalue weighted by Crippen LogP contribution is -1.81. The van der Waals surface area contributed by atoms with Crippen molar-refractivity contribution >= 4 is 64.8 Å². The van der Waals surface area contributed by atoms with Crippen molar-refractivity contribution in [3.05, 3.63) is 77.3 Å². The molecule has 0 aliphatic heterocycles. The predicted octanol–water partition coefficient (Wildman–Crippen LogP) is 6.75. The quantitative estimate of drug-likeness (QED) is 0.278. The smallest absolute Gasteiger partial charge is 0.0620 e. The number of nitrogens with zero attached hydrogens (tertiary/aromatic N) is 1. The van der Waals surface area contributed by atoms with Crippen LogP contribution in [0.1, 0.15) is 0 Å². The third-order valence-corrected chi connectivity index (χ3v) is 5.64. The Bertz CT molecular complexity index is 1410. The molecule has 4 aromatic carbocycles. The number of halogens is 1. The van der Waals surface area contributed by atoms with Crippen LogP contribution in [0.3, 0.4) is 0 Å². The second kappa shape index (κ2) is 4.28. The Kier molecular flexibility index (Phi) is 2.28. The monoisotopic (exact) mass is 369 g/mol. The fraction of sp³-hybridized carbons (Fsp3) is 0. The van der Waals surface area contributed by atoms with Crippen molar-refractivity contribution in [2.24, 2.45) is 0 Å². The molecule has 0 radical (unpaired) electrons. The molecule has 24 heavy (non-hydrogen) atoms. The van der Waals surface area contributed by atoms with Crippen LogP contribution in [0, 0.1) is 0 Å². The average Bonchev–Trinajstić information content (AvgIpc) is 3.11. The van der Waals surface area contributed by atoms with Gasteiger partial charge < -0.3 is 4.40 Å². The Morgan fingerprint density at radius 3 is 2.29 bits per heavy atom. The molecular weight excluding hydrogens is 358 g/mol. The van der Waals surface area contributed by atoms with E-state index in [0.29, 0.717) is 0 Å². The number of aromatic nitrogens is 1. The van der Waals surface area contributed by atoms with Crippen LogP contribution in [0.5, 0.6) is 0 Å². The lowest BCUT2D eigenvalue weighted by molar-refractivity contribution is 1.37. The van der Waals surface area contributed by atoms with Crippen molar-refractivity contribution in [1.82, 2.24) is 4.40 Å². The van der Waals surface area contributed by atoms with E-state index in [-0.39, 0.29) is 0 Å². The van der Waals surface area contributed by atoms with E-state index in [4.69, 9.17) is 0 Å². The minimum absolute atomic E-state index is 1.12. The highest BCUT2D eigenvalue weighted by Crippen LogP contribution is 2.40. The summed E-state index contributed by atoms with van der Waals surface area (Å²) in [6.07, 6.45) is 0. The van der Waals surface area contributed by atoms with Gasteiger partial charge in [-0.25, -0.2) is 0 Å². The second-order valence-corrected chi connectivity index (χ2v) is 7.33. The summed E-state index contributed by atoms with van der Waals surface area (Å²) in [6, 6.07) is 26.5. The topological polar surface area (TPSA) is 4.41 Å². The minimum Gasteiger partial charge on any atom is -0.308 e. The molecule has 0 aliphatic carbocycles. The van der Waals surface area contributed by atoms with E-state index in [9.17, 15) is 0 Å². The van der Waals surface area contributed by atoms with Crippen LogP contribution in [0.2, 0.25) is 0 Å². The average molecular weight is 370 g/mol. The molecule has 0 atom stereocenters. The molecule has 2 aromatic heterocycles. The van der Waals surface area contributed by atoms with Crippen molar-refractivity contribution in [3.8, 4) is 0 Å². The number of para-hydroxylation sites is 2. The maximum Gasteiger partial charge on any atom is 0.0620 e. The van der Waals surface area contributed by atoms with Gasteiger partial charge in [0.2, 0.25) is 0 Å². The summed E-state index contributed by atoms with van der Waals surface area (Å²) in [5.74, 6) is 0. The van der Waals surface area contributed by atoms with Gasteiger partial charge in [0.05, 0.1) is 16.6 Å². The maximum absolute atomic E-state index is 3.59. The molecule has 0 saturated carbocycles. The van der Waals surface area contributed by atoms with Gasteiger partial charge in [0.1, 0.15) is 0 Å². The summed E-state index contributed by atoms with van der Waals surface area (Å²) in [7, 11) is 0. The lowest BCUT2D eigenvalue weighted by Gasteiger charge is -2.02. The molecule has 6 rings (SSSR count). The number of hydrogen-bond donors (Lipinski definition) is 0. The summed E-state index contributed by atoms with van der Waals surface area (Å²) in [5, 5.41) is 7.87. The number of hydrogen-bond acceptors (Lipinski definition) is 0. The van der Waals surface area contributed by atoms with Crippen molar-refractivity contribution < 1.29 is 0 Å². The van der Waals surface area contributed by atoms with Crippen molar-refractivity contribution in [1.29, 1.82) is 0 Å². The number of benzene rings is 4. The zero-order valence-electron chi connectivity index (χ0n) is 12.8. The van der Waals surface area contributed by atoms with E-state index in [1.54, 1.807) is 0 Å². The fourth-order valence-electron chi connectivity index (χ4n) is 4.14. The molecular formula is C22H12BrN. The van der Waals surface area contributed by atoms with Gasteiger partial charge in [-0.2, -0.15) is 0 Å². The van der Waals surface area contributed by atoms with Gasteiger partial charge in [0.15, 0.2) is 0 Å². The van der Waals surface area contributed by atoms with Gasteiger partial charge in [0.25, 0.3) is 0 Å². The predicted molar refractivity (Wildman–Crippen MR) is 106 cm³/mol. The summed E-state index contributed by atoms with van der Waals surface area (Å²) in [4.78, 5) is 0. The van der Waals surface area contributed by atoms with Crippen LogP contribution in [0.4, 0.5) is 0 Å². The van der Waals surface area contributed by atoms with Gasteiger partial charge in [-0.1, -0.05) is 58.4 Å². The Morgan fingerprint density at radius 1 is 0.583 bits per heavy atom. The normalized spacial score (nSPS) is 12.4. The van der Waals surface area contributed by atoms with E-state index in [1.807, 2.05) is 0 Å². The molecule has 0 spiro atoms. The first-order valence-electron chi connectivity index (χ1n) is 8.07. The molecule has 0 N–H and O–H groups in total. The summed E-state index contributed by atoms with van der Waals surface area (Å²) in [5.41, 5.74) is 3.91. The zero-order valence-corrected chi connectivity index (χ0v) is 14.3. The van der Waals surface area contributed by atoms with Gasteiger partial charge in [0, 0.05) is 26.0 Å². The van der Waals surface area contributed by atoms with Crippen LogP contribution in [0.15, 0.2) is 77.3 Å². The Labute approximate surface area is 146 Å². The van der Waals surface area contributed by atoms with Gasteiger partial charge in [-0.05, 0) is 41.1 Å². The number of rotatable bonds is 0. The molecule has 2 heteroatoms. The maximum atomic E-state index is 3.59. The zero-order chi connectivity index (χ0) is 15.8. The molecule has 0 amide bonds. The highest BCUT2D eigenvalue weighted by atomic mass is 79.9. The van der Waals surface area contributed by atoms with Crippen LogP contribution in [0.25, 0.3) is 48.9 Å². The highest BCUT2D eigenvalue weighted by Gasteiger charge is 2.16. The Hall–Kier alpha value is -2.58. The summed E-state index contributed by atoms with van der Waals surface area (Å²) in [6.45, 7) is 0. The number of fused-ring (bicyclic) bond motifs is 7. The molecule has 6 aromatic rings. The standard InChI is InChI=1S/C22H12BrN/c23-15-9-8-13-12-21-19(11-14(13)10-15)18-6-3-5-17-16-4-1-2-7-20(16)24(21)22(17)18/h1-12H. The summed E-state index contributed by atoms with van der Waals surface area (Å²) >= 11 is 3.59. The molecule has 0 saturated heterocycles. The van der Waals surface area contributed by atoms with E-state index in [2.05, 4.69) is 93.1 Å². The molecule has 112 valence electrons. The second-order valence-electron chi connectivity index (χ2n) is 6.42. The minimum atomic E-state index is 1.12. The Balaban J connectivity index is 1.99. The summed E-state index contributed by atoms with van der Waals surface area (Å²) < 4.78 is 3.55. The first-order valence-corrected chi connectivity index (χ1v) is 8.87. The third kappa shape index (κ3) is 1.45. The lowest BCUT2D eigenvalue weighted by atomic mass is 10.0. The van der Waals surface area contributed by atoms with E-state index >= 15 is 0 Å². The molecule has 1 nitrogen and oxygen atoms in total. The Morgan fingerprint density at radius 2 is 1.38 bits per heavy atom. The first kappa shape index (κ1) is 12.8. The largest absolute Gasteiger partial charge is 0.308 e. The highest BCUT2D eigenvalue weighted by molar-refractivity contribution is 9.10. The van der Waals surface area contributed by atoms with E-state index in [0.717, 1.165) is 4.47 Å². The van der Waals surface area contributed by atoms with E-state index in [1.165, 1.54) is 48.9 Å². The fourth-order valence-corrected chi connectivity index (χ4v) is 4.52. The molecule has 0 fully saturated rings. The van der Waals surface area contributed by atoms with Crippen LogP contribution in [-0.2, 0) is 0 Å². The third-order valence-electron chi connectivity index (χ3n) is 5.14. The molecule has 0 aliphatic rings. The van der Waals surface area contributed by atoms with Gasteiger partial charge in [-0.3, -0.25) is 0 Å². The van der Waals surface area contributed by atoms with Gasteiger partial charge in [-0.15, -0.1) is 0 Å². The van der Waals surface area contributed by atoms with Crippen molar-refractivity contribution in [2.75, 3.05) is 0 Å². The van der Waals surface area contributed by atoms with Crippen molar-refractivity contribution in [2.45, 2.75) is 0 Å². The molecule has 2 heterocycles. The van der Waals surface area contributed by atoms with Crippen LogP contribution < -0.4 is 0 Å². The van der Waals surface area contributed by atoms with Crippen LogP contribution >= 0.6 is 15.9 Å². The van der Waals surface area contributed by atoms with E-state index < -0.39 is 0 Å². The SMILES string of the molecule is Brc1ccc2cc3c(cc2c1)c1cccc2c4ccccc4n3c21.